The van der Waals surface area contributed by atoms with E-state index in [-0.39, 0.29) is 35.6 Å². The molecule has 0 unspecified atom stereocenters. The van der Waals surface area contributed by atoms with Crippen LogP contribution in [0.4, 0.5) is 10.2 Å². The van der Waals surface area contributed by atoms with Gasteiger partial charge in [-0.1, -0.05) is 17.7 Å². The maximum absolute atomic E-state index is 13.4. The molecular weight excluding hydrogens is 475 g/mol. The molecule has 1 aliphatic heterocycles. The number of thiazole rings is 1. The average molecular weight is 499 g/mol. The van der Waals surface area contributed by atoms with Gasteiger partial charge in [-0.15, -0.1) is 11.3 Å². The Bertz CT molecular complexity index is 1440. The first-order valence-corrected chi connectivity index (χ1v) is 13.2. The van der Waals surface area contributed by atoms with Crippen molar-refractivity contribution in [2.24, 2.45) is 5.92 Å². The van der Waals surface area contributed by atoms with Gasteiger partial charge in [-0.25, -0.2) is 17.8 Å². The molecule has 0 radical (unpaired) electrons. The summed E-state index contributed by atoms with van der Waals surface area (Å²) in [7, 11) is -3.59. The van der Waals surface area contributed by atoms with E-state index in [1.165, 1.54) is 27.8 Å². The Balaban J connectivity index is 1.32. The van der Waals surface area contributed by atoms with Crippen LogP contribution in [-0.4, -0.2) is 41.1 Å². The van der Waals surface area contributed by atoms with Crippen LogP contribution in [-0.2, 0) is 14.8 Å². The fourth-order valence-corrected chi connectivity index (χ4v) is 6.33. The van der Waals surface area contributed by atoms with E-state index in [4.69, 9.17) is 0 Å². The highest BCUT2D eigenvalue weighted by molar-refractivity contribution is 7.89. The molecule has 5 rings (SSSR count). The van der Waals surface area contributed by atoms with Gasteiger partial charge in [-0.2, -0.15) is 4.31 Å². The number of benzene rings is 2. The number of hydrogen-bond donors (Lipinski definition) is 1. The Hall–Kier alpha value is -3.08. The average Bonchev–Trinajstić information content (AvgIpc) is 3.43. The molecule has 0 spiro atoms. The Morgan fingerprint density at radius 1 is 1.09 bits per heavy atom. The second kappa shape index (κ2) is 8.94. The van der Waals surface area contributed by atoms with Crippen LogP contribution in [0.15, 0.2) is 65.0 Å². The smallest absolute Gasteiger partial charge is 0.243 e. The van der Waals surface area contributed by atoms with Gasteiger partial charge >= 0.3 is 0 Å². The molecule has 1 amide bonds. The summed E-state index contributed by atoms with van der Waals surface area (Å²) in [6.07, 6.45) is 2.68. The topological polar surface area (TPSA) is 83.8 Å². The molecule has 4 aromatic rings. The SMILES string of the molecule is Cc1ccc(S(=O)(=O)N2CCC(C(=O)Nc3c(-c4ccc(F)cc4)nc4sccn34)CC2)cc1. The number of hydrogen-bond acceptors (Lipinski definition) is 5. The molecule has 0 aliphatic carbocycles. The van der Waals surface area contributed by atoms with E-state index in [1.54, 1.807) is 40.8 Å². The fourth-order valence-electron chi connectivity index (χ4n) is 4.15. The van der Waals surface area contributed by atoms with Crippen molar-refractivity contribution in [2.45, 2.75) is 24.7 Å². The molecule has 0 saturated carbocycles. The number of rotatable bonds is 5. The standard InChI is InChI=1S/C24H23FN4O3S2/c1-16-2-8-20(9-3-16)34(31,32)28-12-10-18(11-13-28)23(30)27-22-21(17-4-6-19(25)7-5-17)26-24-29(22)14-15-33-24/h2-9,14-15,18H,10-13H2,1H3,(H,27,30). The Labute approximate surface area is 200 Å². The lowest BCUT2D eigenvalue weighted by molar-refractivity contribution is -0.120. The number of aryl methyl sites for hydroxylation is 1. The summed E-state index contributed by atoms with van der Waals surface area (Å²) < 4.78 is 42.6. The van der Waals surface area contributed by atoms with Gasteiger partial charge in [0.15, 0.2) is 4.96 Å². The van der Waals surface area contributed by atoms with E-state index in [0.717, 1.165) is 5.56 Å². The highest BCUT2D eigenvalue weighted by Crippen LogP contribution is 2.32. The number of fused-ring (bicyclic) bond motifs is 1. The van der Waals surface area contributed by atoms with E-state index in [0.29, 0.717) is 34.9 Å². The van der Waals surface area contributed by atoms with E-state index in [2.05, 4.69) is 10.3 Å². The Kier molecular flexibility index (Phi) is 5.97. The van der Waals surface area contributed by atoms with Crippen molar-refractivity contribution in [1.82, 2.24) is 13.7 Å². The van der Waals surface area contributed by atoms with Gasteiger partial charge in [0.2, 0.25) is 15.9 Å². The maximum Gasteiger partial charge on any atom is 0.243 e. The van der Waals surface area contributed by atoms with E-state index in [1.807, 2.05) is 18.5 Å². The maximum atomic E-state index is 13.4. The first-order chi connectivity index (χ1) is 16.3. The Morgan fingerprint density at radius 3 is 2.44 bits per heavy atom. The number of piperidine rings is 1. The van der Waals surface area contributed by atoms with E-state index >= 15 is 0 Å². The summed E-state index contributed by atoms with van der Waals surface area (Å²) >= 11 is 1.44. The molecule has 10 heteroatoms. The van der Waals surface area contributed by atoms with Crippen LogP contribution < -0.4 is 5.32 Å². The summed E-state index contributed by atoms with van der Waals surface area (Å²) in [6.45, 7) is 2.46. The summed E-state index contributed by atoms with van der Waals surface area (Å²) in [5, 5.41) is 4.88. The molecule has 2 aromatic heterocycles. The molecule has 176 valence electrons. The van der Waals surface area contributed by atoms with Crippen molar-refractivity contribution in [3.05, 3.63) is 71.5 Å². The minimum Gasteiger partial charge on any atom is -0.310 e. The number of carbonyl (C=O) groups is 1. The van der Waals surface area contributed by atoms with Gasteiger partial charge in [0.25, 0.3) is 0 Å². The van der Waals surface area contributed by atoms with Crippen molar-refractivity contribution in [2.75, 3.05) is 18.4 Å². The highest BCUT2D eigenvalue weighted by Gasteiger charge is 2.32. The van der Waals surface area contributed by atoms with Gasteiger partial charge in [0, 0.05) is 36.1 Å². The molecule has 3 heterocycles. The highest BCUT2D eigenvalue weighted by atomic mass is 32.2. The zero-order valence-corrected chi connectivity index (χ0v) is 20.1. The monoisotopic (exact) mass is 498 g/mol. The molecule has 2 aromatic carbocycles. The van der Waals surface area contributed by atoms with Gasteiger partial charge in [0.05, 0.1) is 4.90 Å². The number of anilines is 1. The number of aromatic nitrogens is 2. The number of nitrogens with one attached hydrogen (secondary N) is 1. The molecule has 1 fully saturated rings. The molecule has 1 N–H and O–H groups in total. The molecular formula is C24H23FN4O3S2. The molecule has 0 atom stereocenters. The molecule has 34 heavy (non-hydrogen) atoms. The van der Waals surface area contributed by atoms with Crippen LogP contribution in [0, 0.1) is 18.7 Å². The van der Waals surface area contributed by atoms with Crippen LogP contribution in [0.3, 0.4) is 0 Å². The van der Waals surface area contributed by atoms with Crippen LogP contribution in [0.5, 0.6) is 0 Å². The lowest BCUT2D eigenvalue weighted by Crippen LogP contribution is -2.41. The summed E-state index contributed by atoms with van der Waals surface area (Å²) in [5.41, 5.74) is 2.26. The molecule has 1 aliphatic rings. The quantitative estimate of drug-likeness (QED) is 0.438. The summed E-state index contributed by atoms with van der Waals surface area (Å²) in [6, 6.07) is 12.8. The first-order valence-electron chi connectivity index (χ1n) is 10.9. The van der Waals surface area contributed by atoms with Crippen molar-refractivity contribution in [3.63, 3.8) is 0 Å². The Morgan fingerprint density at radius 2 is 1.76 bits per heavy atom. The van der Waals surface area contributed by atoms with Crippen molar-refractivity contribution in [3.8, 4) is 11.3 Å². The number of amides is 1. The minimum absolute atomic E-state index is 0.177. The van der Waals surface area contributed by atoms with Gasteiger partial charge in [-0.3, -0.25) is 9.20 Å². The molecule has 0 bridgehead atoms. The third kappa shape index (κ3) is 4.24. The lowest BCUT2D eigenvalue weighted by atomic mass is 9.97. The van der Waals surface area contributed by atoms with Crippen LogP contribution in [0.25, 0.3) is 16.2 Å². The zero-order valence-electron chi connectivity index (χ0n) is 18.4. The largest absolute Gasteiger partial charge is 0.310 e. The zero-order chi connectivity index (χ0) is 23.9. The third-order valence-electron chi connectivity index (χ3n) is 6.10. The fraction of sp³-hybridized carbons (Fsp3) is 0.250. The van der Waals surface area contributed by atoms with Gasteiger partial charge in [0.1, 0.15) is 17.3 Å². The predicted octanol–water partition coefficient (Wildman–Crippen LogP) is 4.55. The van der Waals surface area contributed by atoms with Gasteiger partial charge in [-0.05, 0) is 56.2 Å². The number of carbonyl (C=O) groups excluding carboxylic acids is 1. The number of nitrogens with zero attached hydrogens (tertiary/aromatic N) is 3. The summed E-state index contributed by atoms with van der Waals surface area (Å²) in [4.78, 5) is 18.8. The number of sulfonamides is 1. The first kappa shape index (κ1) is 22.7. The number of imidazole rings is 1. The van der Waals surface area contributed by atoms with Gasteiger partial charge < -0.3 is 5.32 Å². The number of halogens is 1. The second-order valence-corrected chi connectivity index (χ2v) is 11.2. The van der Waals surface area contributed by atoms with Crippen molar-refractivity contribution in [1.29, 1.82) is 0 Å². The van der Waals surface area contributed by atoms with Crippen LogP contribution in [0.2, 0.25) is 0 Å². The predicted molar refractivity (Wildman–Crippen MR) is 130 cm³/mol. The van der Waals surface area contributed by atoms with E-state index in [9.17, 15) is 17.6 Å². The second-order valence-electron chi connectivity index (χ2n) is 8.35. The van der Waals surface area contributed by atoms with Crippen molar-refractivity contribution >= 4 is 38.0 Å². The minimum atomic E-state index is -3.59. The summed E-state index contributed by atoms with van der Waals surface area (Å²) in [5.74, 6) is -0.316. The third-order valence-corrected chi connectivity index (χ3v) is 8.77. The molecule has 1 saturated heterocycles. The van der Waals surface area contributed by atoms with Crippen LogP contribution in [0.1, 0.15) is 18.4 Å². The van der Waals surface area contributed by atoms with E-state index < -0.39 is 10.0 Å². The molecule has 7 nitrogen and oxygen atoms in total. The normalized spacial score (nSPS) is 15.6. The lowest BCUT2D eigenvalue weighted by Gasteiger charge is -2.30. The van der Waals surface area contributed by atoms with Crippen molar-refractivity contribution < 1.29 is 17.6 Å². The van der Waals surface area contributed by atoms with Crippen LogP contribution >= 0.6 is 11.3 Å².